The van der Waals surface area contributed by atoms with E-state index in [1.165, 1.54) is 44.9 Å². The summed E-state index contributed by atoms with van der Waals surface area (Å²) >= 11 is 0. The van der Waals surface area contributed by atoms with Gasteiger partial charge in [0.25, 0.3) is 0 Å². The van der Waals surface area contributed by atoms with Crippen LogP contribution in [0.1, 0.15) is 76.9 Å². The second-order valence-electron chi connectivity index (χ2n) is 5.20. The van der Waals surface area contributed by atoms with Crippen LogP contribution in [0.3, 0.4) is 0 Å². The van der Waals surface area contributed by atoms with Crippen LogP contribution in [0, 0.1) is 0 Å². The highest BCUT2D eigenvalue weighted by atomic mass is 14.9. The minimum atomic E-state index is 0.397. The zero-order valence-corrected chi connectivity index (χ0v) is 12.6. The van der Waals surface area contributed by atoms with Gasteiger partial charge in [-0.2, -0.15) is 0 Å². The van der Waals surface area contributed by atoms with E-state index in [0.717, 1.165) is 18.7 Å². The minimum Gasteiger partial charge on any atom is -0.309 e. The molecule has 0 aromatic carbocycles. The lowest BCUT2D eigenvalue weighted by atomic mass is 10.0. The molecule has 0 fully saturated rings. The largest absolute Gasteiger partial charge is 0.309 e. The summed E-state index contributed by atoms with van der Waals surface area (Å²) in [5.41, 5.74) is 1.14. The first-order chi connectivity index (χ1) is 9.38. The van der Waals surface area contributed by atoms with Crippen molar-refractivity contribution in [3.05, 3.63) is 24.3 Å². The summed E-state index contributed by atoms with van der Waals surface area (Å²) in [5, 5.41) is 3.60. The second-order valence-corrected chi connectivity index (χ2v) is 5.20. The van der Waals surface area contributed by atoms with Crippen LogP contribution in [0.4, 0.5) is 0 Å². The first kappa shape index (κ1) is 16.1. The third kappa shape index (κ3) is 7.26. The van der Waals surface area contributed by atoms with Crippen molar-refractivity contribution >= 4 is 0 Å². The molecule has 0 saturated heterocycles. The summed E-state index contributed by atoms with van der Waals surface area (Å²) in [6.07, 6.45) is 13.9. The molecule has 3 nitrogen and oxygen atoms in total. The van der Waals surface area contributed by atoms with Crippen molar-refractivity contribution in [1.29, 1.82) is 0 Å². The van der Waals surface area contributed by atoms with E-state index >= 15 is 0 Å². The zero-order chi connectivity index (χ0) is 13.8. The number of rotatable bonds is 11. The van der Waals surface area contributed by atoms with Crippen LogP contribution < -0.4 is 5.32 Å². The fraction of sp³-hybridized carbons (Fsp3) is 0.750. The molecule has 19 heavy (non-hydrogen) atoms. The minimum absolute atomic E-state index is 0.397. The number of hydrogen-bond donors (Lipinski definition) is 1. The van der Waals surface area contributed by atoms with E-state index in [-0.39, 0.29) is 0 Å². The summed E-state index contributed by atoms with van der Waals surface area (Å²) in [4.78, 5) is 8.39. The van der Waals surface area contributed by atoms with E-state index in [9.17, 15) is 0 Å². The van der Waals surface area contributed by atoms with Gasteiger partial charge < -0.3 is 5.32 Å². The molecule has 1 N–H and O–H groups in total. The Bertz CT molecular complexity index is 300. The zero-order valence-electron chi connectivity index (χ0n) is 12.6. The Kier molecular flexibility index (Phi) is 9.25. The van der Waals surface area contributed by atoms with Crippen molar-refractivity contribution < 1.29 is 0 Å². The fourth-order valence-corrected chi connectivity index (χ4v) is 2.31. The van der Waals surface area contributed by atoms with Gasteiger partial charge in [-0.15, -0.1) is 0 Å². The third-order valence-corrected chi connectivity index (χ3v) is 3.45. The molecule has 0 aliphatic carbocycles. The van der Waals surface area contributed by atoms with E-state index in [4.69, 9.17) is 0 Å². The van der Waals surface area contributed by atoms with Crippen molar-refractivity contribution in [3.8, 4) is 0 Å². The van der Waals surface area contributed by atoms with Gasteiger partial charge in [0.05, 0.1) is 5.69 Å². The molecule has 1 heterocycles. The van der Waals surface area contributed by atoms with E-state index in [2.05, 4.69) is 29.1 Å². The summed E-state index contributed by atoms with van der Waals surface area (Å²) < 4.78 is 0. The van der Waals surface area contributed by atoms with Gasteiger partial charge in [0, 0.05) is 12.2 Å². The van der Waals surface area contributed by atoms with Gasteiger partial charge >= 0.3 is 0 Å². The van der Waals surface area contributed by atoms with Gasteiger partial charge in [0.1, 0.15) is 6.33 Å². The lowest BCUT2D eigenvalue weighted by Crippen LogP contribution is -2.23. The normalized spacial score (nSPS) is 12.5. The number of aromatic nitrogens is 2. The average Bonchev–Trinajstić information content (AvgIpc) is 2.46. The smallest absolute Gasteiger partial charge is 0.115 e. The summed E-state index contributed by atoms with van der Waals surface area (Å²) in [7, 11) is 0. The highest BCUT2D eigenvalue weighted by Crippen LogP contribution is 2.18. The molecule has 0 spiro atoms. The molecule has 1 rings (SSSR count). The highest BCUT2D eigenvalue weighted by molar-refractivity contribution is 5.04. The molecule has 0 aliphatic heterocycles. The standard InChI is InChI=1S/C16H29N3/c1-3-5-6-7-8-9-10-15(18-12-4-2)16-11-13-17-14-19-16/h11,13-15,18H,3-10,12H2,1-2H3. The maximum absolute atomic E-state index is 4.39. The molecule has 1 aromatic rings. The van der Waals surface area contributed by atoms with Gasteiger partial charge in [-0.1, -0.05) is 52.4 Å². The van der Waals surface area contributed by atoms with Crippen LogP contribution in [0.15, 0.2) is 18.6 Å². The number of nitrogens with zero attached hydrogens (tertiary/aromatic N) is 2. The predicted octanol–water partition coefficient (Wildman–Crippen LogP) is 4.27. The average molecular weight is 263 g/mol. The van der Waals surface area contributed by atoms with Crippen LogP contribution in [0.25, 0.3) is 0 Å². The molecule has 0 aliphatic rings. The van der Waals surface area contributed by atoms with Crippen LogP contribution >= 0.6 is 0 Å². The maximum atomic E-state index is 4.39. The predicted molar refractivity (Wildman–Crippen MR) is 81.1 cm³/mol. The molecule has 0 radical (unpaired) electrons. The molecule has 0 bridgehead atoms. The molecular formula is C16H29N3. The number of nitrogens with one attached hydrogen (secondary N) is 1. The van der Waals surface area contributed by atoms with Crippen molar-refractivity contribution in [3.63, 3.8) is 0 Å². The molecule has 0 saturated carbocycles. The van der Waals surface area contributed by atoms with Crippen LogP contribution in [-0.2, 0) is 0 Å². The Morgan fingerprint density at radius 2 is 1.84 bits per heavy atom. The Balaban J connectivity index is 2.30. The van der Waals surface area contributed by atoms with Gasteiger partial charge in [-0.25, -0.2) is 9.97 Å². The molecule has 3 heteroatoms. The number of unbranched alkanes of at least 4 members (excludes halogenated alkanes) is 5. The Morgan fingerprint density at radius 1 is 1.05 bits per heavy atom. The molecular weight excluding hydrogens is 234 g/mol. The van der Waals surface area contributed by atoms with E-state index in [1.807, 2.05) is 12.3 Å². The highest BCUT2D eigenvalue weighted by Gasteiger charge is 2.11. The van der Waals surface area contributed by atoms with Crippen molar-refractivity contribution in [2.45, 2.75) is 71.3 Å². The van der Waals surface area contributed by atoms with Crippen LogP contribution in [0.5, 0.6) is 0 Å². The number of hydrogen-bond acceptors (Lipinski definition) is 3. The molecule has 0 amide bonds. The van der Waals surface area contributed by atoms with Gasteiger partial charge in [-0.05, 0) is 25.5 Å². The fourth-order valence-electron chi connectivity index (χ4n) is 2.31. The Morgan fingerprint density at radius 3 is 2.53 bits per heavy atom. The van der Waals surface area contributed by atoms with Gasteiger partial charge in [0.15, 0.2) is 0 Å². The third-order valence-electron chi connectivity index (χ3n) is 3.45. The van der Waals surface area contributed by atoms with E-state index in [0.29, 0.717) is 6.04 Å². The van der Waals surface area contributed by atoms with Gasteiger partial charge in [0.2, 0.25) is 0 Å². The van der Waals surface area contributed by atoms with Gasteiger partial charge in [-0.3, -0.25) is 0 Å². The van der Waals surface area contributed by atoms with Crippen molar-refractivity contribution in [2.75, 3.05) is 6.54 Å². The monoisotopic (exact) mass is 263 g/mol. The summed E-state index contributed by atoms with van der Waals surface area (Å²) in [6.45, 7) is 5.53. The van der Waals surface area contributed by atoms with E-state index in [1.54, 1.807) is 6.33 Å². The maximum Gasteiger partial charge on any atom is 0.115 e. The first-order valence-electron chi connectivity index (χ1n) is 7.87. The Hall–Kier alpha value is -0.960. The van der Waals surface area contributed by atoms with Crippen molar-refractivity contribution in [2.24, 2.45) is 0 Å². The molecule has 1 atom stereocenters. The second kappa shape index (κ2) is 10.9. The SMILES string of the molecule is CCCCCCCCC(NCCC)c1ccncn1. The van der Waals surface area contributed by atoms with E-state index < -0.39 is 0 Å². The van der Waals surface area contributed by atoms with Crippen molar-refractivity contribution in [1.82, 2.24) is 15.3 Å². The first-order valence-corrected chi connectivity index (χ1v) is 7.87. The topological polar surface area (TPSA) is 37.8 Å². The quantitative estimate of drug-likeness (QED) is 0.606. The molecule has 108 valence electrons. The molecule has 1 unspecified atom stereocenters. The summed E-state index contributed by atoms with van der Waals surface area (Å²) in [5.74, 6) is 0. The van der Waals surface area contributed by atoms with Crippen LogP contribution in [-0.4, -0.2) is 16.5 Å². The lowest BCUT2D eigenvalue weighted by molar-refractivity contribution is 0.458. The molecule has 1 aromatic heterocycles. The lowest BCUT2D eigenvalue weighted by Gasteiger charge is -2.17. The summed E-state index contributed by atoms with van der Waals surface area (Å²) in [6, 6.07) is 2.43. The van der Waals surface area contributed by atoms with Crippen LogP contribution in [0.2, 0.25) is 0 Å². The Labute approximate surface area is 118 Å².